The Balaban J connectivity index is 2.95. The standard InChI is InChI=1S/C10H9ClF3NO2S/c1-9(17,10(12,13)14)8(16)15-7-3-2-5(18)4-6(7)11/h2-4,17-18H,1H3,(H,15,16)/t9-/m1/s1. The monoisotopic (exact) mass is 299 g/mol. The molecular formula is C10H9ClF3NO2S. The third kappa shape index (κ3) is 3.09. The van der Waals surface area contributed by atoms with E-state index in [1.165, 1.54) is 18.2 Å². The minimum Gasteiger partial charge on any atom is -0.373 e. The highest BCUT2D eigenvalue weighted by Crippen LogP contribution is 2.32. The van der Waals surface area contributed by atoms with E-state index in [1.54, 1.807) is 0 Å². The molecule has 0 aliphatic carbocycles. The molecule has 0 aliphatic heterocycles. The fourth-order valence-electron chi connectivity index (χ4n) is 0.978. The maximum Gasteiger partial charge on any atom is 0.426 e. The Hall–Kier alpha value is -0.920. The smallest absolute Gasteiger partial charge is 0.373 e. The molecule has 1 rings (SSSR count). The maximum atomic E-state index is 12.4. The molecule has 0 saturated carbocycles. The number of thiol groups is 1. The number of aliphatic hydroxyl groups is 1. The molecule has 8 heteroatoms. The van der Waals surface area contributed by atoms with Gasteiger partial charge in [0.05, 0.1) is 10.7 Å². The SMILES string of the molecule is C[C@@](O)(C(=O)Nc1ccc(S)cc1Cl)C(F)(F)F. The largest absolute Gasteiger partial charge is 0.426 e. The summed E-state index contributed by atoms with van der Waals surface area (Å²) < 4.78 is 37.2. The van der Waals surface area contributed by atoms with Crippen molar-refractivity contribution < 1.29 is 23.1 Å². The highest BCUT2D eigenvalue weighted by atomic mass is 35.5. The first-order chi connectivity index (χ1) is 8.05. The van der Waals surface area contributed by atoms with Crippen LogP contribution in [0.4, 0.5) is 18.9 Å². The van der Waals surface area contributed by atoms with Gasteiger partial charge in [0, 0.05) is 4.90 Å². The second kappa shape index (κ2) is 4.99. The van der Waals surface area contributed by atoms with Gasteiger partial charge in [0.25, 0.3) is 5.91 Å². The number of anilines is 1. The zero-order valence-electron chi connectivity index (χ0n) is 9.05. The van der Waals surface area contributed by atoms with Crippen LogP contribution in [0.1, 0.15) is 6.92 Å². The van der Waals surface area contributed by atoms with E-state index in [2.05, 4.69) is 12.6 Å². The van der Waals surface area contributed by atoms with E-state index < -0.39 is 17.7 Å². The molecule has 1 atom stereocenters. The molecule has 18 heavy (non-hydrogen) atoms. The Morgan fingerprint density at radius 3 is 2.44 bits per heavy atom. The van der Waals surface area contributed by atoms with Gasteiger partial charge in [-0.3, -0.25) is 4.79 Å². The fourth-order valence-corrected chi connectivity index (χ4v) is 1.49. The van der Waals surface area contributed by atoms with Gasteiger partial charge in [-0.2, -0.15) is 13.2 Å². The summed E-state index contributed by atoms with van der Waals surface area (Å²) in [5.74, 6) is -1.61. The summed E-state index contributed by atoms with van der Waals surface area (Å²) in [6, 6.07) is 4.07. The number of amides is 1. The average molecular weight is 300 g/mol. The molecule has 0 radical (unpaired) electrons. The Morgan fingerprint density at radius 2 is 2.00 bits per heavy atom. The van der Waals surface area contributed by atoms with Crippen LogP contribution >= 0.6 is 24.2 Å². The molecule has 0 aromatic heterocycles. The van der Waals surface area contributed by atoms with Crippen LogP contribution in [-0.4, -0.2) is 22.8 Å². The van der Waals surface area contributed by atoms with Gasteiger partial charge in [0.2, 0.25) is 5.60 Å². The number of alkyl halides is 3. The second-order valence-electron chi connectivity index (χ2n) is 3.69. The average Bonchev–Trinajstić information content (AvgIpc) is 2.20. The van der Waals surface area contributed by atoms with E-state index in [1.807, 2.05) is 5.32 Å². The number of hydrogen-bond acceptors (Lipinski definition) is 3. The first-order valence-corrected chi connectivity index (χ1v) is 5.47. The van der Waals surface area contributed by atoms with Gasteiger partial charge in [-0.25, -0.2) is 0 Å². The highest BCUT2D eigenvalue weighted by molar-refractivity contribution is 7.80. The Labute approximate surface area is 111 Å². The number of rotatable bonds is 2. The van der Waals surface area contributed by atoms with E-state index in [0.29, 0.717) is 11.8 Å². The number of carbonyl (C=O) groups excluding carboxylic acids is 1. The van der Waals surface area contributed by atoms with Crippen molar-refractivity contribution in [1.29, 1.82) is 0 Å². The molecular weight excluding hydrogens is 291 g/mol. The van der Waals surface area contributed by atoms with Crippen LogP contribution in [0.5, 0.6) is 0 Å². The molecule has 1 aromatic carbocycles. The van der Waals surface area contributed by atoms with Crippen molar-refractivity contribution in [2.45, 2.75) is 23.6 Å². The van der Waals surface area contributed by atoms with Gasteiger partial charge in [0.15, 0.2) is 0 Å². The van der Waals surface area contributed by atoms with Crippen molar-refractivity contribution in [2.24, 2.45) is 0 Å². The number of carbonyl (C=O) groups is 1. The Bertz CT molecular complexity index is 477. The Morgan fingerprint density at radius 1 is 1.44 bits per heavy atom. The lowest BCUT2D eigenvalue weighted by atomic mass is 10.1. The fraction of sp³-hybridized carbons (Fsp3) is 0.300. The summed E-state index contributed by atoms with van der Waals surface area (Å²) in [7, 11) is 0. The molecule has 2 N–H and O–H groups in total. The van der Waals surface area contributed by atoms with Gasteiger partial charge in [0.1, 0.15) is 0 Å². The molecule has 0 unspecified atom stereocenters. The highest BCUT2D eigenvalue weighted by Gasteiger charge is 2.55. The first-order valence-electron chi connectivity index (χ1n) is 4.65. The second-order valence-corrected chi connectivity index (χ2v) is 4.61. The molecule has 3 nitrogen and oxygen atoms in total. The van der Waals surface area contributed by atoms with Crippen LogP contribution in [0, 0.1) is 0 Å². The predicted octanol–water partition coefficient (Wildman–Crippen LogP) is 2.88. The predicted molar refractivity (Wildman–Crippen MR) is 64.0 cm³/mol. The van der Waals surface area contributed by atoms with Gasteiger partial charge < -0.3 is 10.4 Å². The summed E-state index contributed by atoms with van der Waals surface area (Å²) in [5.41, 5.74) is -3.53. The molecule has 1 aromatic rings. The molecule has 0 aliphatic rings. The van der Waals surface area contributed by atoms with Crippen molar-refractivity contribution in [3.05, 3.63) is 23.2 Å². The third-order valence-corrected chi connectivity index (χ3v) is 2.79. The lowest BCUT2D eigenvalue weighted by Gasteiger charge is -2.25. The van der Waals surface area contributed by atoms with Crippen molar-refractivity contribution >= 4 is 35.8 Å². The van der Waals surface area contributed by atoms with Gasteiger partial charge in [-0.15, -0.1) is 12.6 Å². The lowest BCUT2D eigenvalue weighted by Crippen LogP contribution is -2.52. The van der Waals surface area contributed by atoms with E-state index in [-0.39, 0.29) is 10.7 Å². The van der Waals surface area contributed by atoms with Crippen LogP contribution in [0.15, 0.2) is 23.1 Å². The van der Waals surface area contributed by atoms with E-state index in [9.17, 15) is 18.0 Å². The summed E-state index contributed by atoms with van der Waals surface area (Å²) in [5, 5.41) is 11.1. The molecule has 0 fully saturated rings. The summed E-state index contributed by atoms with van der Waals surface area (Å²) in [4.78, 5) is 11.8. The van der Waals surface area contributed by atoms with Crippen molar-refractivity contribution in [3.63, 3.8) is 0 Å². The Kier molecular flexibility index (Phi) is 4.19. The minimum absolute atomic E-state index is 0.0221. The summed E-state index contributed by atoms with van der Waals surface area (Å²) >= 11 is 9.68. The summed E-state index contributed by atoms with van der Waals surface area (Å²) in [6.45, 7) is 0.364. The van der Waals surface area contributed by atoms with Crippen LogP contribution in [0.2, 0.25) is 5.02 Å². The first kappa shape index (κ1) is 15.1. The van der Waals surface area contributed by atoms with Gasteiger partial charge >= 0.3 is 6.18 Å². The quantitative estimate of drug-likeness (QED) is 0.736. The number of benzene rings is 1. The zero-order chi connectivity index (χ0) is 14.1. The summed E-state index contributed by atoms with van der Waals surface area (Å²) in [6.07, 6.45) is -5.08. The van der Waals surface area contributed by atoms with Crippen molar-refractivity contribution in [1.82, 2.24) is 0 Å². The lowest BCUT2D eigenvalue weighted by molar-refractivity contribution is -0.242. The molecule has 0 spiro atoms. The number of nitrogens with one attached hydrogen (secondary N) is 1. The molecule has 0 heterocycles. The topological polar surface area (TPSA) is 49.3 Å². The molecule has 1 amide bonds. The normalized spacial score (nSPS) is 15.1. The molecule has 0 saturated heterocycles. The van der Waals surface area contributed by atoms with E-state index >= 15 is 0 Å². The maximum absolute atomic E-state index is 12.4. The van der Waals surface area contributed by atoms with Crippen molar-refractivity contribution in [2.75, 3.05) is 5.32 Å². The van der Waals surface area contributed by atoms with Crippen LogP contribution in [0.3, 0.4) is 0 Å². The molecule has 100 valence electrons. The zero-order valence-corrected chi connectivity index (χ0v) is 10.7. The van der Waals surface area contributed by atoms with E-state index in [0.717, 1.165) is 0 Å². The van der Waals surface area contributed by atoms with Crippen molar-refractivity contribution in [3.8, 4) is 0 Å². The van der Waals surface area contributed by atoms with Crippen LogP contribution in [-0.2, 0) is 4.79 Å². The van der Waals surface area contributed by atoms with Gasteiger partial charge in [-0.1, -0.05) is 11.6 Å². The minimum atomic E-state index is -5.08. The van der Waals surface area contributed by atoms with Crippen LogP contribution in [0.25, 0.3) is 0 Å². The third-order valence-electron chi connectivity index (χ3n) is 2.19. The van der Waals surface area contributed by atoms with E-state index in [4.69, 9.17) is 16.7 Å². The number of hydrogen-bond donors (Lipinski definition) is 3. The molecule has 0 bridgehead atoms. The van der Waals surface area contributed by atoms with Gasteiger partial charge in [-0.05, 0) is 25.1 Å². The van der Waals surface area contributed by atoms with Crippen LogP contribution < -0.4 is 5.32 Å². The number of halogens is 4.